The highest BCUT2D eigenvalue weighted by molar-refractivity contribution is 5.98. The number of carbonyl (C=O) groups is 2. The van der Waals surface area contributed by atoms with E-state index in [-0.39, 0.29) is 11.7 Å². The van der Waals surface area contributed by atoms with Crippen LogP contribution >= 0.6 is 0 Å². The molecule has 1 aromatic rings. The molecule has 1 rings (SSSR count). The second-order valence-electron chi connectivity index (χ2n) is 3.53. The molecule has 1 aromatic carbocycles. The van der Waals surface area contributed by atoms with Crippen molar-refractivity contribution in [1.29, 1.82) is 0 Å². The minimum Gasteiger partial charge on any atom is -0.465 e. The molecule has 2 N–H and O–H groups in total. The Morgan fingerprint density at radius 2 is 1.73 bits per heavy atom. The number of rotatable bonds is 3. The van der Waals surface area contributed by atoms with E-state index in [9.17, 15) is 9.59 Å². The van der Waals surface area contributed by atoms with Gasteiger partial charge in [0.25, 0.3) is 0 Å². The van der Waals surface area contributed by atoms with Crippen LogP contribution < -0.4 is 5.32 Å². The van der Waals surface area contributed by atoms with Crippen LogP contribution in [0, 0.1) is 5.92 Å². The maximum Gasteiger partial charge on any atom is 0.409 e. The Hall–Kier alpha value is -1.84. The van der Waals surface area contributed by atoms with Gasteiger partial charge in [0.15, 0.2) is 5.78 Å². The molecule has 0 saturated heterocycles. The van der Waals surface area contributed by atoms with E-state index in [1.54, 1.807) is 24.3 Å². The average Bonchev–Trinajstić information content (AvgIpc) is 2.17. The van der Waals surface area contributed by atoms with Crippen molar-refractivity contribution in [2.45, 2.75) is 13.8 Å². The zero-order valence-electron chi connectivity index (χ0n) is 8.65. The Balaban J connectivity index is 2.81. The Morgan fingerprint density at radius 3 is 2.13 bits per heavy atom. The number of Topliss-reactive ketones (excluding diaryl/α,β-unsaturated/α-hetero) is 1. The van der Waals surface area contributed by atoms with Crippen molar-refractivity contribution < 1.29 is 14.7 Å². The Kier molecular flexibility index (Phi) is 3.44. The monoisotopic (exact) mass is 207 g/mol. The average molecular weight is 207 g/mol. The van der Waals surface area contributed by atoms with Crippen LogP contribution in [0.1, 0.15) is 24.2 Å². The van der Waals surface area contributed by atoms with E-state index >= 15 is 0 Å². The van der Waals surface area contributed by atoms with E-state index in [4.69, 9.17) is 5.11 Å². The van der Waals surface area contributed by atoms with Crippen molar-refractivity contribution in [1.82, 2.24) is 0 Å². The van der Waals surface area contributed by atoms with Crippen LogP contribution in [0.2, 0.25) is 0 Å². The van der Waals surface area contributed by atoms with Crippen LogP contribution in [-0.2, 0) is 0 Å². The van der Waals surface area contributed by atoms with Crippen molar-refractivity contribution in [2.75, 3.05) is 5.32 Å². The minimum absolute atomic E-state index is 0.0525. The molecular formula is C11H13NO3. The van der Waals surface area contributed by atoms with Gasteiger partial charge in [0.05, 0.1) is 0 Å². The fraction of sp³-hybridized carbons (Fsp3) is 0.273. The zero-order valence-corrected chi connectivity index (χ0v) is 8.65. The molecule has 0 unspecified atom stereocenters. The van der Waals surface area contributed by atoms with Gasteiger partial charge in [-0.05, 0) is 24.3 Å². The predicted octanol–water partition coefficient (Wildman–Crippen LogP) is 2.62. The lowest BCUT2D eigenvalue weighted by Gasteiger charge is -2.05. The highest BCUT2D eigenvalue weighted by Gasteiger charge is 2.09. The van der Waals surface area contributed by atoms with Crippen LogP contribution in [0.5, 0.6) is 0 Å². The molecule has 0 bridgehead atoms. The highest BCUT2D eigenvalue weighted by atomic mass is 16.4. The minimum atomic E-state index is -1.11. The molecule has 0 aliphatic carbocycles. The number of nitrogens with one attached hydrogen (secondary N) is 1. The molecule has 0 aliphatic rings. The highest BCUT2D eigenvalue weighted by Crippen LogP contribution is 2.13. The third-order valence-corrected chi connectivity index (χ3v) is 1.95. The number of carbonyl (C=O) groups excluding carboxylic acids is 1. The lowest BCUT2D eigenvalue weighted by molar-refractivity contribution is 0.0939. The van der Waals surface area contributed by atoms with E-state index in [2.05, 4.69) is 5.32 Å². The summed E-state index contributed by atoms with van der Waals surface area (Å²) in [4.78, 5) is 21.9. The molecule has 0 spiro atoms. The molecule has 0 saturated carbocycles. The van der Waals surface area contributed by atoms with Crippen LogP contribution in [0.25, 0.3) is 0 Å². The van der Waals surface area contributed by atoms with Gasteiger partial charge in [0, 0.05) is 17.2 Å². The van der Waals surface area contributed by atoms with Crippen molar-refractivity contribution in [3.63, 3.8) is 0 Å². The second-order valence-corrected chi connectivity index (χ2v) is 3.53. The SMILES string of the molecule is CC(C)C(=O)c1ccc(NC(=O)O)cc1. The number of hydrogen-bond donors (Lipinski definition) is 2. The Bertz CT molecular complexity index is 368. The quantitative estimate of drug-likeness (QED) is 0.748. The van der Waals surface area contributed by atoms with E-state index in [1.807, 2.05) is 13.8 Å². The molecule has 0 radical (unpaired) electrons. The number of carboxylic acid groups (broad SMARTS) is 1. The van der Waals surface area contributed by atoms with Crippen molar-refractivity contribution in [3.8, 4) is 0 Å². The van der Waals surface area contributed by atoms with Crippen LogP contribution in [0.15, 0.2) is 24.3 Å². The summed E-state index contributed by atoms with van der Waals surface area (Å²) in [5, 5.41) is 10.7. The molecule has 0 heterocycles. The topological polar surface area (TPSA) is 66.4 Å². The van der Waals surface area contributed by atoms with Gasteiger partial charge in [0.2, 0.25) is 0 Å². The van der Waals surface area contributed by atoms with Crippen LogP contribution in [0.4, 0.5) is 10.5 Å². The van der Waals surface area contributed by atoms with Gasteiger partial charge in [-0.1, -0.05) is 13.8 Å². The smallest absolute Gasteiger partial charge is 0.409 e. The first-order valence-corrected chi connectivity index (χ1v) is 4.65. The third-order valence-electron chi connectivity index (χ3n) is 1.95. The Labute approximate surface area is 87.9 Å². The van der Waals surface area contributed by atoms with E-state index in [0.717, 1.165) is 0 Å². The van der Waals surface area contributed by atoms with Crippen molar-refractivity contribution >= 4 is 17.6 Å². The molecule has 4 heteroatoms. The first-order valence-electron chi connectivity index (χ1n) is 4.65. The van der Waals surface area contributed by atoms with Crippen molar-refractivity contribution in [2.24, 2.45) is 5.92 Å². The van der Waals surface area contributed by atoms with Gasteiger partial charge < -0.3 is 5.11 Å². The standard InChI is InChI=1S/C11H13NO3/c1-7(2)10(13)8-3-5-9(6-4-8)12-11(14)15/h3-7,12H,1-2H3,(H,14,15). The summed E-state index contributed by atoms with van der Waals surface area (Å²) in [6.45, 7) is 3.65. The number of ketones is 1. The Morgan fingerprint density at radius 1 is 1.20 bits per heavy atom. The summed E-state index contributed by atoms with van der Waals surface area (Å²) >= 11 is 0. The molecular weight excluding hydrogens is 194 g/mol. The third kappa shape index (κ3) is 3.09. The summed E-state index contributed by atoms with van der Waals surface area (Å²) < 4.78 is 0. The normalized spacial score (nSPS) is 10.1. The molecule has 0 fully saturated rings. The largest absolute Gasteiger partial charge is 0.465 e. The van der Waals surface area contributed by atoms with E-state index in [1.165, 1.54) is 0 Å². The first kappa shape index (κ1) is 11.2. The fourth-order valence-electron chi connectivity index (χ4n) is 1.17. The molecule has 1 amide bonds. The van der Waals surface area contributed by atoms with Gasteiger partial charge >= 0.3 is 6.09 Å². The molecule has 0 aromatic heterocycles. The lowest BCUT2D eigenvalue weighted by Crippen LogP contribution is -2.09. The van der Waals surface area contributed by atoms with Crippen molar-refractivity contribution in [3.05, 3.63) is 29.8 Å². The fourth-order valence-corrected chi connectivity index (χ4v) is 1.17. The predicted molar refractivity (Wildman–Crippen MR) is 57.3 cm³/mol. The number of amides is 1. The summed E-state index contributed by atoms with van der Waals surface area (Å²) in [7, 11) is 0. The summed E-state index contributed by atoms with van der Waals surface area (Å²) in [5.74, 6) is 0.000146. The summed E-state index contributed by atoms with van der Waals surface area (Å²) in [6, 6.07) is 6.38. The maximum absolute atomic E-state index is 11.5. The second kappa shape index (κ2) is 4.59. The van der Waals surface area contributed by atoms with Gasteiger partial charge in [-0.15, -0.1) is 0 Å². The number of anilines is 1. The number of hydrogen-bond acceptors (Lipinski definition) is 2. The molecule has 0 atom stereocenters. The number of benzene rings is 1. The molecule has 80 valence electrons. The molecule has 4 nitrogen and oxygen atoms in total. The van der Waals surface area contributed by atoms with Gasteiger partial charge in [-0.2, -0.15) is 0 Å². The lowest BCUT2D eigenvalue weighted by atomic mass is 10.0. The van der Waals surface area contributed by atoms with Gasteiger partial charge in [-0.25, -0.2) is 4.79 Å². The van der Waals surface area contributed by atoms with E-state index in [0.29, 0.717) is 11.3 Å². The summed E-state index contributed by atoms with van der Waals surface area (Å²) in [6.07, 6.45) is -1.11. The molecule has 0 aliphatic heterocycles. The summed E-state index contributed by atoms with van der Waals surface area (Å²) in [5.41, 5.74) is 1.06. The van der Waals surface area contributed by atoms with Crippen LogP contribution in [-0.4, -0.2) is 17.0 Å². The zero-order chi connectivity index (χ0) is 11.4. The maximum atomic E-state index is 11.5. The van der Waals surface area contributed by atoms with Crippen LogP contribution in [0.3, 0.4) is 0 Å². The molecule has 15 heavy (non-hydrogen) atoms. The first-order chi connectivity index (χ1) is 7.00. The van der Waals surface area contributed by atoms with E-state index < -0.39 is 6.09 Å². The van der Waals surface area contributed by atoms with Gasteiger partial charge in [0.1, 0.15) is 0 Å². The van der Waals surface area contributed by atoms with Gasteiger partial charge in [-0.3, -0.25) is 10.1 Å².